The second-order valence-corrected chi connectivity index (χ2v) is 4.79. The van der Waals surface area contributed by atoms with Crippen molar-refractivity contribution in [2.75, 3.05) is 7.11 Å². The molecule has 0 aliphatic rings. The monoisotopic (exact) mass is 327 g/mol. The molecule has 0 spiro atoms. The van der Waals surface area contributed by atoms with E-state index in [2.05, 4.69) is 15.4 Å². The van der Waals surface area contributed by atoms with E-state index in [4.69, 9.17) is 14.0 Å². The van der Waals surface area contributed by atoms with Crippen molar-refractivity contribution in [1.29, 1.82) is 0 Å². The molecule has 0 aliphatic heterocycles. The molecule has 1 N–H and O–H groups in total. The zero-order valence-electron chi connectivity index (χ0n) is 12.7. The van der Waals surface area contributed by atoms with Gasteiger partial charge in [-0.1, -0.05) is 5.16 Å². The fourth-order valence-electron chi connectivity index (χ4n) is 1.94. The summed E-state index contributed by atoms with van der Waals surface area (Å²) >= 11 is 0. The van der Waals surface area contributed by atoms with Crippen LogP contribution in [-0.2, 0) is 11.3 Å². The molecule has 0 amide bonds. The number of aromatic nitrogens is 3. The molecule has 1 aromatic carbocycles. The van der Waals surface area contributed by atoms with Crippen LogP contribution >= 0.6 is 0 Å². The van der Waals surface area contributed by atoms with E-state index in [1.165, 1.54) is 12.1 Å². The molecule has 0 radical (unpaired) electrons. The maximum Gasteiger partial charge on any atom is 0.359 e. The Morgan fingerprint density at radius 2 is 2.00 bits per heavy atom. The van der Waals surface area contributed by atoms with Crippen LogP contribution in [0, 0.1) is 0 Å². The van der Waals surface area contributed by atoms with E-state index in [0.29, 0.717) is 11.5 Å². The van der Waals surface area contributed by atoms with E-state index in [-0.39, 0.29) is 12.3 Å². The molecule has 0 fully saturated rings. The largest absolute Gasteiger partial charge is 0.497 e. The van der Waals surface area contributed by atoms with Crippen LogP contribution < -0.4 is 10.3 Å². The number of methoxy groups -OCH3 is 1. The lowest BCUT2D eigenvalue weighted by Gasteiger charge is -2.00. The number of ether oxygens (including phenoxy) is 2. The summed E-state index contributed by atoms with van der Waals surface area (Å²) in [6, 6.07) is 11.4. The predicted molar refractivity (Wildman–Crippen MR) is 82.5 cm³/mol. The number of carbonyl (C=O) groups is 1. The zero-order chi connectivity index (χ0) is 16.9. The molecule has 122 valence electrons. The minimum atomic E-state index is -0.666. The Balaban J connectivity index is 1.64. The number of benzene rings is 1. The normalized spacial score (nSPS) is 10.4. The highest BCUT2D eigenvalue weighted by Crippen LogP contribution is 2.23. The van der Waals surface area contributed by atoms with Crippen LogP contribution in [0.4, 0.5) is 0 Å². The molecule has 0 bridgehead atoms. The molecule has 3 aromatic rings. The van der Waals surface area contributed by atoms with Crippen molar-refractivity contribution in [3.63, 3.8) is 0 Å². The summed E-state index contributed by atoms with van der Waals surface area (Å²) in [6.07, 6.45) is 0. The summed E-state index contributed by atoms with van der Waals surface area (Å²) in [5.41, 5.74) is 0.891. The number of H-pyrrole nitrogens is 1. The molecule has 0 atom stereocenters. The minimum absolute atomic E-state index is 0.00785. The summed E-state index contributed by atoms with van der Waals surface area (Å²) in [7, 11) is 1.59. The van der Waals surface area contributed by atoms with E-state index in [1.807, 2.05) is 12.1 Å². The first-order valence-corrected chi connectivity index (χ1v) is 6.98. The van der Waals surface area contributed by atoms with Gasteiger partial charge in [0.2, 0.25) is 0 Å². The van der Waals surface area contributed by atoms with Crippen molar-refractivity contribution in [2.24, 2.45) is 0 Å². The van der Waals surface area contributed by atoms with Gasteiger partial charge in [-0.05, 0) is 30.3 Å². The van der Waals surface area contributed by atoms with E-state index >= 15 is 0 Å². The maximum atomic E-state index is 11.8. The molecule has 2 aromatic heterocycles. The predicted octanol–water partition coefficient (Wildman–Crippen LogP) is 1.79. The zero-order valence-corrected chi connectivity index (χ0v) is 12.7. The molecule has 24 heavy (non-hydrogen) atoms. The Labute approximate surface area is 136 Å². The molecular formula is C16H13N3O5. The highest BCUT2D eigenvalue weighted by Gasteiger charge is 2.12. The van der Waals surface area contributed by atoms with Crippen molar-refractivity contribution in [3.05, 3.63) is 64.2 Å². The lowest BCUT2D eigenvalue weighted by atomic mass is 10.1. The summed E-state index contributed by atoms with van der Waals surface area (Å²) in [5, 5.41) is 9.61. The van der Waals surface area contributed by atoms with Gasteiger partial charge >= 0.3 is 5.97 Å². The first kappa shape index (κ1) is 15.5. The molecule has 8 nitrogen and oxygen atoms in total. The average Bonchev–Trinajstić information content (AvgIpc) is 3.09. The second kappa shape index (κ2) is 6.78. The number of hydrogen-bond acceptors (Lipinski definition) is 7. The highest BCUT2D eigenvalue weighted by atomic mass is 16.5. The third-order valence-corrected chi connectivity index (χ3v) is 3.17. The average molecular weight is 327 g/mol. The molecule has 0 saturated carbocycles. The number of rotatable bonds is 5. The summed E-state index contributed by atoms with van der Waals surface area (Å²) < 4.78 is 15.4. The highest BCUT2D eigenvalue weighted by molar-refractivity contribution is 5.86. The molecule has 2 heterocycles. The van der Waals surface area contributed by atoms with Crippen molar-refractivity contribution in [1.82, 2.24) is 15.4 Å². The number of carbonyl (C=O) groups excluding carboxylic acids is 1. The topological polar surface area (TPSA) is 107 Å². The van der Waals surface area contributed by atoms with Gasteiger partial charge in [-0.25, -0.2) is 9.89 Å². The van der Waals surface area contributed by atoms with Gasteiger partial charge in [-0.3, -0.25) is 4.79 Å². The quantitative estimate of drug-likeness (QED) is 0.712. The van der Waals surface area contributed by atoms with Crippen LogP contribution in [0.1, 0.15) is 16.2 Å². The van der Waals surface area contributed by atoms with Crippen LogP contribution in [0.5, 0.6) is 5.75 Å². The summed E-state index contributed by atoms with van der Waals surface area (Å²) in [6.45, 7) is -0.0701. The van der Waals surface area contributed by atoms with Gasteiger partial charge in [0.1, 0.15) is 18.1 Å². The minimum Gasteiger partial charge on any atom is -0.497 e. The lowest BCUT2D eigenvalue weighted by Crippen LogP contribution is -2.13. The molecule has 3 rings (SSSR count). The summed E-state index contributed by atoms with van der Waals surface area (Å²) in [5.74, 6) is 0.618. The van der Waals surface area contributed by atoms with Crippen molar-refractivity contribution in [2.45, 2.75) is 6.61 Å². The third-order valence-electron chi connectivity index (χ3n) is 3.17. The van der Waals surface area contributed by atoms with Crippen LogP contribution in [0.25, 0.3) is 11.3 Å². The second-order valence-electron chi connectivity index (χ2n) is 4.79. The Morgan fingerprint density at radius 3 is 2.67 bits per heavy atom. The van der Waals surface area contributed by atoms with Gasteiger partial charge in [0.25, 0.3) is 5.56 Å². The maximum absolute atomic E-state index is 11.8. The SMILES string of the molecule is COc1ccc(-c2cc(COC(=O)c3ccc(=O)[nH]n3)no2)cc1. The number of hydrogen-bond donors (Lipinski definition) is 1. The van der Waals surface area contributed by atoms with E-state index < -0.39 is 11.5 Å². The number of nitrogens with one attached hydrogen (secondary N) is 1. The Bertz CT molecular complexity index is 878. The van der Waals surface area contributed by atoms with Crippen molar-refractivity contribution in [3.8, 4) is 17.1 Å². The molecule has 0 aliphatic carbocycles. The van der Waals surface area contributed by atoms with Crippen LogP contribution in [0.3, 0.4) is 0 Å². The molecule has 8 heteroatoms. The van der Waals surface area contributed by atoms with Gasteiger partial charge in [0.05, 0.1) is 7.11 Å². The van der Waals surface area contributed by atoms with Gasteiger partial charge < -0.3 is 14.0 Å². The van der Waals surface area contributed by atoms with Gasteiger partial charge in [0, 0.05) is 17.7 Å². The first-order valence-electron chi connectivity index (χ1n) is 6.98. The number of esters is 1. The Kier molecular flexibility index (Phi) is 4.37. The van der Waals surface area contributed by atoms with E-state index in [9.17, 15) is 9.59 Å². The van der Waals surface area contributed by atoms with Gasteiger partial charge in [0.15, 0.2) is 11.5 Å². The standard InChI is InChI=1S/C16H13N3O5/c1-22-12-4-2-10(3-5-12)14-8-11(19-24-14)9-23-16(21)13-6-7-15(20)18-17-13/h2-8H,9H2,1H3,(H,18,20). The fourth-order valence-corrected chi connectivity index (χ4v) is 1.94. The third kappa shape index (κ3) is 3.49. The molecule has 0 saturated heterocycles. The van der Waals surface area contributed by atoms with Crippen LogP contribution in [0.15, 0.2) is 51.8 Å². The van der Waals surface area contributed by atoms with Crippen molar-refractivity contribution >= 4 is 5.97 Å². The Hall–Kier alpha value is -3.42. The molecular weight excluding hydrogens is 314 g/mol. The van der Waals surface area contributed by atoms with Crippen molar-refractivity contribution < 1.29 is 18.8 Å². The number of nitrogens with zero attached hydrogens (tertiary/aromatic N) is 2. The van der Waals surface area contributed by atoms with E-state index in [0.717, 1.165) is 11.3 Å². The molecule has 0 unspecified atom stereocenters. The summed E-state index contributed by atoms with van der Waals surface area (Å²) in [4.78, 5) is 22.7. The van der Waals surface area contributed by atoms with Gasteiger partial charge in [-0.2, -0.15) is 5.10 Å². The van der Waals surface area contributed by atoms with Crippen LogP contribution in [0.2, 0.25) is 0 Å². The van der Waals surface area contributed by atoms with E-state index in [1.54, 1.807) is 25.3 Å². The first-order chi connectivity index (χ1) is 11.7. The number of aromatic amines is 1. The smallest absolute Gasteiger partial charge is 0.359 e. The van der Waals surface area contributed by atoms with Gasteiger partial charge in [-0.15, -0.1) is 0 Å². The lowest BCUT2D eigenvalue weighted by molar-refractivity contribution is 0.0456. The fraction of sp³-hybridized carbons (Fsp3) is 0.125. The Morgan fingerprint density at radius 1 is 1.21 bits per heavy atom. The van der Waals surface area contributed by atoms with Crippen LogP contribution in [-0.4, -0.2) is 28.4 Å².